The first-order valence-electron chi connectivity index (χ1n) is 6.49. The Morgan fingerprint density at radius 3 is 2.82 bits per heavy atom. The van der Waals surface area contributed by atoms with Gasteiger partial charge in [-0.25, -0.2) is 0 Å². The topological polar surface area (TPSA) is 12.0 Å². The zero-order valence-corrected chi connectivity index (χ0v) is 11.8. The molecular formula is C15H22ClN. The number of hydrogen-bond acceptors (Lipinski definition) is 1. The monoisotopic (exact) mass is 251 g/mol. The van der Waals surface area contributed by atoms with E-state index in [4.69, 9.17) is 11.6 Å². The van der Waals surface area contributed by atoms with Crippen molar-refractivity contribution in [2.24, 2.45) is 5.41 Å². The molecule has 1 atom stereocenters. The molecule has 1 nitrogen and oxygen atoms in total. The first-order valence-corrected chi connectivity index (χ1v) is 6.87. The van der Waals surface area contributed by atoms with Crippen molar-refractivity contribution in [2.45, 2.75) is 52.5 Å². The van der Waals surface area contributed by atoms with Crippen molar-refractivity contribution < 1.29 is 0 Å². The quantitative estimate of drug-likeness (QED) is 0.778. The van der Waals surface area contributed by atoms with Crippen molar-refractivity contribution in [1.29, 1.82) is 0 Å². The van der Waals surface area contributed by atoms with Crippen LogP contribution < -0.4 is 5.32 Å². The summed E-state index contributed by atoms with van der Waals surface area (Å²) in [5.41, 5.74) is 2.81. The van der Waals surface area contributed by atoms with Gasteiger partial charge >= 0.3 is 0 Å². The molecule has 1 unspecified atom stereocenters. The molecule has 1 aromatic carbocycles. The largest absolute Gasteiger partial charge is 0.381 e. The van der Waals surface area contributed by atoms with E-state index in [1.807, 2.05) is 6.07 Å². The van der Waals surface area contributed by atoms with Crippen LogP contribution in [0.15, 0.2) is 18.2 Å². The molecular weight excluding hydrogens is 230 g/mol. The Morgan fingerprint density at radius 2 is 2.12 bits per heavy atom. The highest BCUT2D eigenvalue weighted by molar-refractivity contribution is 6.33. The van der Waals surface area contributed by atoms with E-state index in [1.54, 1.807) is 0 Å². The fourth-order valence-corrected chi connectivity index (χ4v) is 2.96. The van der Waals surface area contributed by atoms with Gasteiger partial charge in [-0.05, 0) is 49.3 Å². The summed E-state index contributed by atoms with van der Waals surface area (Å²) in [5.74, 6) is 0. The lowest BCUT2D eigenvalue weighted by Crippen LogP contribution is -2.31. The average Bonchev–Trinajstić information content (AvgIpc) is 2.22. The number of hydrogen-bond donors (Lipinski definition) is 1. The highest BCUT2D eigenvalue weighted by atomic mass is 35.5. The zero-order valence-electron chi connectivity index (χ0n) is 11.0. The predicted molar refractivity (Wildman–Crippen MR) is 75.8 cm³/mol. The number of halogens is 1. The van der Waals surface area contributed by atoms with E-state index < -0.39 is 0 Å². The maximum atomic E-state index is 6.22. The van der Waals surface area contributed by atoms with Crippen molar-refractivity contribution in [3.8, 4) is 0 Å². The third kappa shape index (κ3) is 3.38. The summed E-state index contributed by atoms with van der Waals surface area (Å²) in [6.45, 7) is 6.82. The molecule has 1 aromatic rings. The molecule has 1 fully saturated rings. The van der Waals surface area contributed by atoms with Crippen LogP contribution >= 0.6 is 11.6 Å². The minimum atomic E-state index is 0.465. The van der Waals surface area contributed by atoms with E-state index in [0.29, 0.717) is 11.5 Å². The second-order valence-electron chi connectivity index (χ2n) is 6.09. The summed E-state index contributed by atoms with van der Waals surface area (Å²) >= 11 is 6.22. The summed E-state index contributed by atoms with van der Waals surface area (Å²) in [6, 6.07) is 6.74. The van der Waals surface area contributed by atoms with Gasteiger partial charge in [0.1, 0.15) is 0 Å². The van der Waals surface area contributed by atoms with Gasteiger partial charge in [0.2, 0.25) is 0 Å². The standard InChI is InChI=1S/C15H22ClN/c1-11-6-7-13(16)14(9-11)17-12-5-4-8-15(2,3)10-12/h6-7,9,12,17H,4-5,8,10H2,1-3H3. The van der Waals surface area contributed by atoms with Gasteiger partial charge in [0.25, 0.3) is 0 Å². The van der Waals surface area contributed by atoms with Crippen molar-refractivity contribution in [3.05, 3.63) is 28.8 Å². The van der Waals surface area contributed by atoms with Gasteiger partial charge in [0.05, 0.1) is 10.7 Å². The maximum absolute atomic E-state index is 6.22. The lowest BCUT2D eigenvalue weighted by Gasteiger charge is -2.36. The van der Waals surface area contributed by atoms with E-state index in [1.165, 1.54) is 31.2 Å². The molecule has 94 valence electrons. The fraction of sp³-hybridized carbons (Fsp3) is 0.600. The van der Waals surface area contributed by atoms with Crippen LogP contribution in [0, 0.1) is 12.3 Å². The molecule has 0 amide bonds. The molecule has 2 rings (SSSR count). The summed E-state index contributed by atoms with van der Waals surface area (Å²) in [7, 11) is 0. The van der Waals surface area contributed by atoms with Crippen LogP contribution in [-0.2, 0) is 0 Å². The van der Waals surface area contributed by atoms with Crippen LogP contribution in [0.4, 0.5) is 5.69 Å². The van der Waals surface area contributed by atoms with Crippen molar-refractivity contribution in [1.82, 2.24) is 0 Å². The number of anilines is 1. The minimum absolute atomic E-state index is 0.465. The molecule has 0 bridgehead atoms. The van der Waals surface area contributed by atoms with Crippen LogP contribution in [0.3, 0.4) is 0 Å². The number of aryl methyl sites for hydroxylation is 1. The Kier molecular flexibility index (Phi) is 3.67. The average molecular weight is 252 g/mol. The first-order chi connectivity index (χ1) is 7.96. The molecule has 0 spiro atoms. The first kappa shape index (κ1) is 12.8. The van der Waals surface area contributed by atoms with Gasteiger partial charge in [0, 0.05) is 6.04 Å². The number of benzene rings is 1. The molecule has 1 aliphatic carbocycles. The summed E-state index contributed by atoms with van der Waals surface area (Å²) in [6.07, 6.45) is 5.14. The van der Waals surface area contributed by atoms with E-state index in [0.717, 1.165) is 10.7 Å². The Hall–Kier alpha value is -0.690. The molecule has 17 heavy (non-hydrogen) atoms. The Balaban J connectivity index is 2.07. The fourth-order valence-electron chi connectivity index (χ4n) is 2.79. The van der Waals surface area contributed by atoms with Crippen molar-refractivity contribution in [2.75, 3.05) is 5.32 Å². The minimum Gasteiger partial charge on any atom is -0.381 e. The van der Waals surface area contributed by atoms with Crippen LogP contribution in [0.1, 0.15) is 45.1 Å². The second-order valence-corrected chi connectivity index (χ2v) is 6.49. The predicted octanol–water partition coefficient (Wildman–Crippen LogP) is 5.03. The van der Waals surface area contributed by atoms with Gasteiger partial charge in [-0.15, -0.1) is 0 Å². The SMILES string of the molecule is Cc1ccc(Cl)c(NC2CCCC(C)(C)C2)c1. The van der Waals surface area contributed by atoms with Crippen molar-refractivity contribution >= 4 is 17.3 Å². The van der Waals surface area contributed by atoms with Crippen LogP contribution in [0.25, 0.3) is 0 Å². The lowest BCUT2D eigenvalue weighted by molar-refractivity contribution is 0.229. The maximum Gasteiger partial charge on any atom is 0.0637 e. The van der Waals surface area contributed by atoms with E-state index in [9.17, 15) is 0 Å². The van der Waals surface area contributed by atoms with E-state index >= 15 is 0 Å². The normalized spacial score (nSPS) is 23.4. The molecule has 1 saturated carbocycles. The van der Waals surface area contributed by atoms with Crippen LogP contribution in [0.2, 0.25) is 5.02 Å². The summed E-state index contributed by atoms with van der Waals surface area (Å²) in [4.78, 5) is 0. The Morgan fingerprint density at radius 1 is 1.35 bits per heavy atom. The third-order valence-electron chi connectivity index (χ3n) is 3.69. The summed E-state index contributed by atoms with van der Waals surface area (Å²) < 4.78 is 0. The molecule has 0 aromatic heterocycles. The van der Waals surface area contributed by atoms with E-state index in [2.05, 4.69) is 38.2 Å². The van der Waals surface area contributed by atoms with Gasteiger partial charge < -0.3 is 5.32 Å². The van der Waals surface area contributed by atoms with Crippen LogP contribution in [0.5, 0.6) is 0 Å². The lowest BCUT2D eigenvalue weighted by atomic mass is 9.75. The molecule has 0 aliphatic heterocycles. The molecule has 1 N–H and O–H groups in total. The van der Waals surface area contributed by atoms with Gasteiger partial charge in [-0.1, -0.05) is 37.9 Å². The number of rotatable bonds is 2. The molecule has 0 heterocycles. The van der Waals surface area contributed by atoms with Gasteiger partial charge in [-0.2, -0.15) is 0 Å². The highest BCUT2D eigenvalue weighted by Gasteiger charge is 2.27. The number of nitrogens with one attached hydrogen (secondary N) is 1. The highest BCUT2D eigenvalue weighted by Crippen LogP contribution is 2.37. The smallest absolute Gasteiger partial charge is 0.0637 e. The third-order valence-corrected chi connectivity index (χ3v) is 4.02. The second kappa shape index (κ2) is 4.89. The molecule has 2 heteroatoms. The molecule has 0 radical (unpaired) electrons. The summed E-state index contributed by atoms with van der Waals surface area (Å²) in [5, 5.41) is 4.45. The Bertz CT molecular complexity index is 398. The van der Waals surface area contributed by atoms with Gasteiger partial charge in [0.15, 0.2) is 0 Å². The molecule has 0 saturated heterocycles. The van der Waals surface area contributed by atoms with Gasteiger partial charge in [-0.3, -0.25) is 0 Å². The van der Waals surface area contributed by atoms with Crippen LogP contribution in [-0.4, -0.2) is 6.04 Å². The Labute approximate surface area is 110 Å². The zero-order chi connectivity index (χ0) is 12.5. The van der Waals surface area contributed by atoms with Crippen molar-refractivity contribution in [3.63, 3.8) is 0 Å². The van der Waals surface area contributed by atoms with E-state index in [-0.39, 0.29) is 0 Å². The molecule has 1 aliphatic rings.